The molecule has 0 saturated carbocycles. The van der Waals surface area contributed by atoms with E-state index < -0.39 is 0 Å². The standard InChI is InChI=1S/C22H20N2O2/c1-16(20-9-6-10-21(15-20)26-2)23-24-22(25)19-13-11-18(12-14-19)17-7-4-3-5-8-17/h3-15H,1-2H3,(H,24,25)/b23-16+. The zero-order valence-electron chi connectivity index (χ0n) is 14.8. The molecule has 1 amide bonds. The van der Waals surface area contributed by atoms with Gasteiger partial charge in [-0.25, -0.2) is 5.43 Å². The molecule has 26 heavy (non-hydrogen) atoms. The van der Waals surface area contributed by atoms with Crippen molar-refractivity contribution < 1.29 is 9.53 Å². The molecule has 1 N–H and O–H groups in total. The second-order valence-electron chi connectivity index (χ2n) is 5.81. The van der Waals surface area contributed by atoms with Gasteiger partial charge in [-0.1, -0.05) is 54.6 Å². The molecule has 3 aromatic carbocycles. The van der Waals surface area contributed by atoms with Gasteiger partial charge in [-0.3, -0.25) is 4.79 Å². The number of hydrogen-bond donors (Lipinski definition) is 1. The highest BCUT2D eigenvalue weighted by Gasteiger charge is 2.06. The normalized spacial score (nSPS) is 11.1. The van der Waals surface area contributed by atoms with Crippen molar-refractivity contribution >= 4 is 11.6 Å². The van der Waals surface area contributed by atoms with Gasteiger partial charge in [0.15, 0.2) is 0 Å². The molecule has 4 nitrogen and oxygen atoms in total. The first-order chi connectivity index (χ1) is 12.7. The Morgan fingerprint density at radius 3 is 2.23 bits per heavy atom. The van der Waals surface area contributed by atoms with Crippen LogP contribution in [0.3, 0.4) is 0 Å². The molecule has 0 radical (unpaired) electrons. The molecule has 0 spiro atoms. The number of nitrogens with zero attached hydrogens (tertiary/aromatic N) is 1. The van der Waals surface area contributed by atoms with Crippen LogP contribution in [-0.4, -0.2) is 18.7 Å². The lowest BCUT2D eigenvalue weighted by atomic mass is 10.0. The van der Waals surface area contributed by atoms with Crippen LogP contribution in [0.1, 0.15) is 22.8 Å². The maximum Gasteiger partial charge on any atom is 0.271 e. The Balaban J connectivity index is 1.69. The summed E-state index contributed by atoms with van der Waals surface area (Å²) >= 11 is 0. The number of amides is 1. The van der Waals surface area contributed by atoms with Gasteiger partial charge in [0.1, 0.15) is 5.75 Å². The molecule has 0 atom stereocenters. The van der Waals surface area contributed by atoms with Crippen molar-refractivity contribution in [2.24, 2.45) is 5.10 Å². The molecule has 4 heteroatoms. The summed E-state index contributed by atoms with van der Waals surface area (Å²) in [5, 5.41) is 4.19. The Hall–Kier alpha value is -3.40. The monoisotopic (exact) mass is 344 g/mol. The highest BCUT2D eigenvalue weighted by molar-refractivity contribution is 6.01. The van der Waals surface area contributed by atoms with E-state index >= 15 is 0 Å². The van der Waals surface area contributed by atoms with Crippen molar-refractivity contribution in [1.82, 2.24) is 5.43 Å². The Kier molecular flexibility index (Phi) is 5.44. The van der Waals surface area contributed by atoms with Crippen molar-refractivity contribution in [1.29, 1.82) is 0 Å². The summed E-state index contributed by atoms with van der Waals surface area (Å²) in [5.74, 6) is 0.506. The summed E-state index contributed by atoms with van der Waals surface area (Å²) in [5.41, 5.74) is 6.95. The van der Waals surface area contributed by atoms with Crippen LogP contribution in [0.25, 0.3) is 11.1 Å². The van der Waals surface area contributed by atoms with Gasteiger partial charge in [-0.2, -0.15) is 5.10 Å². The van der Waals surface area contributed by atoms with E-state index in [2.05, 4.69) is 10.5 Å². The zero-order chi connectivity index (χ0) is 18.4. The van der Waals surface area contributed by atoms with Crippen LogP contribution in [0, 0.1) is 0 Å². The Morgan fingerprint density at radius 2 is 1.54 bits per heavy atom. The van der Waals surface area contributed by atoms with Crippen molar-refractivity contribution in [2.75, 3.05) is 7.11 Å². The number of ether oxygens (including phenoxy) is 1. The van der Waals surface area contributed by atoms with Gasteiger partial charge in [-0.15, -0.1) is 0 Å². The predicted octanol–water partition coefficient (Wildman–Crippen LogP) is 4.52. The smallest absolute Gasteiger partial charge is 0.271 e. The average Bonchev–Trinajstić information content (AvgIpc) is 2.72. The Bertz CT molecular complexity index is 916. The number of carbonyl (C=O) groups excluding carboxylic acids is 1. The first-order valence-electron chi connectivity index (χ1n) is 8.32. The Labute approximate surface area is 153 Å². The number of hydrazone groups is 1. The number of benzene rings is 3. The van der Waals surface area contributed by atoms with E-state index in [9.17, 15) is 4.79 Å². The van der Waals surface area contributed by atoms with Crippen LogP contribution in [0.2, 0.25) is 0 Å². The quantitative estimate of drug-likeness (QED) is 0.547. The fourth-order valence-electron chi connectivity index (χ4n) is 2.56. The third-order valence-electron chi connectivity index (χ3n) is 4.07. The first kappa shape index (κ1) is 17.4. The molecule has 0 aliphatic carbocycles. The van der Waals surface area contributed by atoms with E-state index in [0.29, 0.717) is 11.3 Å². The largest absolute Gasteiger partial charge is 0.497 e. The van der Waals surface area contributed by atoms with Crippen LogP contribution in [0.4, 0.5) is 0 Å². The summed E-state index contributed by atoms with van der Waals surface area (Å²) in [6.07, 6.45) is 0. The molecule has 0 aliphatic heterocycles. The fraction of sp³-hybridized carbons (Fsp3) is 0.0909. The molecule has 0 fully saturated rings. The SMILES string of the molecule is COc1cccc(/C(C)=N/NC(=O)c2ccc(-c3ccccc3)cc2)c1. The minimum Gasteiger partial charge on any atom is -0.497 e. The van der Waals surface area contributed by atoms with Gasteiger partial charge >= 0.3 is 0 Å². The molecule has 130 valence electrons. The maximum atomic E-state index is 12.3. The maximum absolute atomic E-state index is 12.3. The van der Waals surface area contributed by atoms with Crippen LogP contribution < -0.4 is 10.2 Å². The van der Waals surface area contributed by atoms with E-state index in [-0.39, 0.29) is 5.91 Å². The number of methoxy groups -OCH3 is 1. The molecule has 0 heterocycles. The van der Waals surface area contributed by atoms with Gasteiger partial charge in [0.05, 0.1) is 12.8 Å². The zero-order valence-corrected chi connectivity index (χ0v) is 14.8. The fourth-order valence-corrected chi connectivity index (χ4v) is 2.56. The van der Waals surface area contributed by atoms with Gasteiger partial charge in [0.2, 0.25) is 0 Å². The predicted molar refractivity (Wildman–Crippen MR) is 105 cm³/mol. The van der Waals surface area contributed by atoms with Gasteiger partial charge in [-0.05, 0) is 42.3 Å². The topological polar surface area (TPSA) is 50.7 Å². The van der Waals surface area contributed by atoms with Crippen molar-refractivity contribution in [3.63, 3.8) is 0 Å². The molecule has 0 bridgehead atoms. The summed E-state index contributed by atoms with van der Waals surface area (Å²) < 4.78 is 5.21. The van der Waals surface area contributed by atoms with Crippen LogP contribution in [-0.2, 0) is 0 Å². The number of nitrogens with one attached hydrogen (secondary N) is 1. The number of hydrogen-bond acceptors (Lipinski definition) is 3. The van der Waals surface area contributed by atoms with Gasteiger partial charge in [0.25, 0.3) is 5.91 Å². The molecular weight excluding hydrogens is 324 g/mol. The Morgan fingerprint density at radius 1 is 0.846 bits per heavy atom. The summed E-state index contributed by atoms with van der Waals surface area (Å²) in [6.45, 7) is 1.84. The highest BCUT2D eigenvalue weighted by atomic mass is 16.5. The summed E-state index contributed by atoms with van der Waals surface area (Å²) in [7, 11) is 1.62. The molecule has 0 saturated heterocycles. The molecule has 0 aromatic heterocycles. The lowest BCUT2D eigenvalue weighted by Gasteiger charge is -2.06. The van der Waals surface area contributed by atoms with E-state index in [0.717, 1.165) is 22.4 Å². The summed E-state index contributed by atoms with van der Waals surface area (Å²) in [4.78, 5) is 12.3. The third kappa shape index (κ3) is 4.16. The lowest BCUT2D eigenvalue weighted by Crippen LogP contribution is -2.19. The van der Waals surface area contributed by atoms with Gasteiger partial charge < -0.3 is 4.74 Å². The molecular formula is C22H20N2O2. The average molecular weight is 344 g/mol. The first-order valence-corrected chi connectivity index (χ1v) is 8.32. The molecule has 0 aliphatic rings. The summed E-state index contributed by atoms with van der Waals surface area (Å²) in [6, 6.07) is 25.1. The molecule has 3 aromatic rings. The second kappa shape index (κ2) is 8.12. The highest BCUT2D eigenvalue weighted by Crippen LogP contribution is 2.19. The van der Waals surface area contributed by atoms with E-state index in [1.54, 1.807) is 19.2 Å². The lowest BCUT2D eigenvalue weighted by molar-refractivity contribution is 0.0955. The van der Waals surface area contributed by atoms with E-state index in [1.165, 1.54) is 0 Å². The third-order valence-corrected chi connectivity index (χ3v) is 4.07. The number of carbonyl (C=O) groups is 1. The van der Waals surface area contributed by atoms with Crippen molar-refractivity contribution in [3.05, 3.63) is 90.0 Å². The minimum absolute atomic E-state index is 0.244. The van der Waals surface area contributed by atoms with Crippen LogP contribution >= 0.6 is 0 Å². The molecule has 0 unspecified atom stereocenters. The second-order valence-corrected chi connectivity index (χ2v) is 5.81. The van der Waals surface area contributed by atoms with Crippen molar-refractivity contribution in [2.45, 2.75) is 6.92 Å². The number of rotatable bonds is 5. The van der Waals surface area contributed by atoms with E-state index in [1.807, 2.05) is 73.7 Å². The van der Waals surface area contributed by atoms with Crippen molar-refractivity contribution in [3.8, 4) is 16.9 Å². The van der Waals surface area contributed by atoms with Gasteiger partial charge in [0, 0.05) is 11.1 Å². The molecule has 3 rings (SSSR count). The van der Waals surface area contributed by atoms with E-state index in [4.69, 9.17) is 4.74 Å². The minimum atomic E-state index is -0.244. The van der Waals surface area contributed by atoms with Crippen LogP contribution in [0.5, 0.6) is 5.75 Å². The van der Waals surface area contributed by atoms with Crippen LogP contribution in [0.15, 0.2) is 84.0 Å².